The number of hydrogen-bond donors (Lipinski definition) is 0. The Morgan fingerprint density at radius 1 is 1.15 bits per heavy atom. The summed E-state index contributed by atoms with van der Waals surface area (Å²) in [5.74, 6) is -0.813. The second kappa shape index (κ2) is 8.65. The highest BCUT2D eigenvalue weighted by Crippen LogP contribution is 2.28. The maximum atomic E-state index is 12.4. The van der Waals surface area contributed by atoms with Gasteiger partial charge in [-0.15, -0.1) is 22.7 Å². The van der Waals surface area contributed by atoms with Crippen LogP contribution in [0.5, 0.6) is 0 Å². The second-order valence-electron chi connectivity index (χ2n) is 5.83. The number of aromatic nitrogens is 1. The molecule has 0 saturated carbocycles. The van der Waals surface area contributed by atoms with E-state index in [4.69, 9.17) is 16.3 Å². The van der Waals surface area contributed by atoms with E-state index < -0.39 is 5.97 Å². The average molecular weight is 421 g/mol. The zero-order valence-electron chi connectivity index (χ0n) is 14.8. The molecule has 0 radical (unpaired) electrons. The Kier molecular flexibility index (Phi) is 6.26. The minimum absolute atomic E-state index is 0.279. The summed E-state index contributed by atoms with van der Waals surface area (Å²) in [5, 5.41) is 0.748. The molecular weight excluding hydrogens is 404 g/mol. The van der Waals surface area contributed by atoms with Crippen LogP contribution in [0.3, 0.4) is 0 Å². The lowest BCUT2D eigenvalue weighted by molar-refractivity contribution is -0.133. The minimum Gasteiger partial charge on any atom is -0.451 e. The van der Waals surface area contributed by atoms with E-state index >= 15 is 0 Å². The number of ether oxygens (including phenoxy) is 1. The summed E-state index contributed by atoms with van der Waals surface area (Å²) in [6, 6.07) is 13.3. The third-order valence-corrected chi connectivity index (χ3v) is 6.18. The molecule has 0 atom stereocenters. The molecule has 3 aromatic rings. The molecule has 2 heterocycles. The highest BCUT2D eigenvalue weighted by atomic mass is 35.5. The van der Waals surface area contributed by atoms with Gasteiger partial charge >= 0.3 is 5.97 Å². The van der Waals surface area contributed by atoms with Crippen molar-refractivity contribution >= 4 is 46.2 Å². The molecule has 0 aliphatic carbocycles. The monoisotopic (exact) mass is 420 g/mol. The molecule has 8 heteroatoms. The van der Waals surface area contributed by atoms with E-state index in [-0.39, 0.29) is 12.5 Å². The first-order valence-corrected chi connectivity index (χ1v) is 10.1. The number of thiophene rings is 1. The highest BCUT2D eigenvalue weighted by molar-refractivity contribution is 7.17. The molecule has 0 N–H and O–H groups in total. The molecule has 0 aliphatic rings. The van der Waals surface area contributed by atoms with Crippen molar-refractivity contribution in [1.82, 2.24) is 9.88 Å². The van der Waals surface area contributed by atoms with Crippen molar-refractivity contribution in [3.63, 3.8) is 0 Å². The molecule has 0 unspecified atom stereocenters. The van der Waals surface area contributed by atoms with Gasteiger partial charge in [0, 0.05) is 17.5 Å². The van der Waals surface area contributed by atoms with Gasteiger partial charge in [0.05, 0.1) is 16.6 Å². The van der Waals surface area contributed by atoms with Crippen LogP contribution >= 0.6 is 34.3 Å². The molecule has 0 fully saturated rings. The van der Waals surface area contributed by atoms with Gasteiger partial charge in [0.25, 0.3) is 5.91 Å². The van der Waals surface area contributed by atoms with Crippen molar-refractivity contribution in [2.24, 2.45) is 0 Å². The number of benzene rings is 1. The van der Waals surface area contributed by atoms with E-state index in [0.29, 0.717) is 21.5 Å². The van der Waals surface area contributed by atoms with Gasteiger partial charge < -0.3 is 9.64 Å². The quantitative estimate of drug-likeness (QED) is 0.544. The van der Waals surface area contributed by atoms with Crippen molar-refractivity contribution < 1.29 is 14.3 Å². The minimum atomic E-state index is -0.534. The molecule has 0 saturated heterocycles. The number of carbonyl (C=O) groups is 2. The Morgan fingerprint density at radius 3 is 2.56 bits per heavy atom. The molecule has 0 aliphatic heterocycles. The molecule has 1 amide bonds. The van der Waals surface area contributed by atoms with Gasteiger partial charge in [-0.1, -0.05) is 41.9 Å². The number of thiazole rings is 1. The van der Waals surface area contributed by atoms with Crippen LogP contribution in [0.4, 0.5) is 0 Å². The summed E-state index contributed by atoms with van der Waals surface area (Å²) in [5.41, 5.74) is 1.54. The van der Waals surface area contributed by atoms with E-state index in [0.717, 1.165) is 15.4 Å². The van der Waals surface area contributed by atoms with Crippen molar-refractivity contribution in [3.05, 3.63) is 62.2 Å². The molecule has 3 rings (SSSR count). The van der Waals surface area contributed by atoms with Crippen LogP contribution in [0, 0.1) is 6.92 Å². The normalized spacial score (nSPS) is 10.6. The Hall–Kier alpha value is -2.22. The number of aryl methyl sites for hydroxylation is 1. The fourth-order valence-electron chi connectivity index (χ4n) is 2.35. The van der Waals surface area contributed by atoms with Gasteiger partial charge in [-0.2, -0.15) is 0 Å². The summed E-state index contributed by atoms with van der Waals surface area (Å²) in [6.07, 6.45) is 0. The van der Waals surface area contributed by atoms with Gasteiger partial charge in [-0.05, 0) is 19.1 Å². The summed E-state index contributed by atoms with van der Waals surface area (Å²) >= 11 is 8.57. The summed E-state index contributed by atoms with van der Waals surface area (Å²) < 4.78 is 5.87. The van der Waals surface area contributed by atoms with E-state index in [1.165, 1.54) is 27.6 Å². The van der Waals surface area contributed by atoms with Crippen molar-refractivity contribution in [2.75, 3.05) is 13.7 Å². The van der Waals surface area contributed by atoms with Crippen LogP contribution in [-0.2, 0) is 16.1 Å². The van der Waals surface area contributed by atoms with Gasteiger partial charge in [0.2, 0.25) is 0 Å². The summed E-state index contributed by atoms with van der Waals surface area (Å²) in [4.78, 5) is 31.9. The van der Waals surface area contributed by atoms with Crippen molar-refractivity contribution in [3.8, 4) is 10.6 Å². The fraction of sp³-hybridized carbons (Fsp3) is 0.211. The lowest BCUT2D eigenvalue weighted by Crippen LogP contribution is -2.30. The lowest BCUT2D eigenvalue weighted by Gasteiger charge is -2.15. The van der Waals surface area contributed by atoms with Crippen LogP contribution in [0.15, 0.2) is 42.5 Å². The molecule has 0 bridgehead atoms. The van der Waals surface area contributed by atoms with Gasteiger partial charge in [-0.25, -0.2) is 9.78 Å². The second-order valence-corrected chi connectivity index (χ2v) is 8.63. The number of hydrogen-bond acceptors (Lipinski definition) is 6. The number of rotatable bonds is 6. The first kappa shape index (κ1) is 19.5. The molecule has 0 spiro atoms. The number of esters is 1. The number of amides is 1. The largest absolute Gasteiger partial charge is 0.451 e. The van der Waals surface area contributed by atoms with Gasteiger partial charge in [0.1, 0.15) is 9.88 Å². The van der Waals surface area contributed by atoms with Crippen molar-refractivity contribution in [2.45, 2.75) is 13.5 Å². The van der Waals surface area contributed by atoms with E-state index in [1.54, 1.807) is 20.0 Å². The third kappa shape index (κ3) is 4.94. The van der Waals surface area contributed by atoms with Crippen LogP contribution < -0.4 is 0 Å². The van der Waals surface area contributed by atoms with E-state index in [1.807, 2.05) is 36.4 Å². The maximum Gasteiger partial charge on any atom is 0.350 e. The van der Waals surface area contributed by atoms with Crippen LogP contribution in [-0.4, -0.2) is 35.4 Å². The fourth-order valence-corrected chi connectivity index (χ4v) is 4.46. The smallest absolute Gasteiger partial charge is 0.350 e. The Labute approximate surface area is 170 Å². The molecular formula is C19H17ClN2O3S2. The maximum absolute atomic E-state index is 12.4. The molecule has 1 aromatic carbocycles. The predicted octanol–water partition coefficient (Wildman–Crippen LogP) is 4.65. The Balaban J connectivity index is 1.59. The SMILES string of the molecule is Cc1nc(-c2ccccc2)sc1C(=O)OCC(=O)N(C)Cc1ccc(Cl)s1. The first-order chi connectivity index (χ1) is 12.9. The first-order valence-electron chi connectivity index (χ1n) is 8.12. The number of halogens is 1. The number of likely N-dealkylation sites (N-methyl/N-ethyl adjacent to an activating group) is 1. The van der Waals surface area contributed by atoms with E-state index in [9.17, 15) is 9.59 Å². The van der Waals surface area contributed by atoms with Crippen molar-refractivity contribution in [1.29, 1.82) is 0 Å². The topological polar surface area (TPSA) is 59.5 Å². The van der Waals surface area contributed by atoms with Gasteiger partial charge in [0.15, 0.2) is 6.61 Å². The zero-order valence-corrected chi connectivity index (χ0v) is 17.2. The Morgan fingerprint density at radius 2 is 1.89 bits per heavy atom. The molecule has 5 nitrogen and oxygen atoms in total. The highest BCUT2D eigenvalue weighted by Gasteiger charge is 2.20. The van der Waals surface area contributed by atoms with Gasteiger partial charge in [-0.3, -0.25) is 4.79 Å². The molecule has 27 heavy (non-hydrogen) atoms. The zero-order chi connectivity index (χ0) is 19.4. The number of nitrogens with zero attached hydrogens (tertiary/aromatic N) is 2. The predicted molar refractivity (Wildman–Crippen MR) is 108 cm³/mol. The third-order valence-electron chi connectivity index (χ3n) is 3.78. The average Bonchev–Trinajstić information content (AvgIpc) is 3.25. The van der Waals surface area contributed by atoms with Crippen LogP contribution in [0.1, 0.15) is 20.2 Å². The standard InChI is InChI=1S/C19H17ClN2O3S2/c1-12-17(27-18(21-12)13-6-4-3-5-7-13)19(24)25-11-16(23)22(2)10-14-8-9-15(20)26-14/h3-9H,10-11H2,1-2H3. The Bertz CT molecular complexity index is 953. The molecule has 140 valence electrons. The van der Waals surface area contributed by atoms with Crippen LogP contribution in [0.25, 0.3) is 10.6 Å². The lowest BCUT2D eigenvalue weighted by atomic mass is 10.2. The summed E-state index contributed by atoms with van der Waals surface area (Å²) in [7, 11) is 1.66. The van der Waals surface area contributed by atoms with Crippen LogP contribution in [0.2, 0.25) is 4.34 Å². The van der Waals surface area contributed by atoms with E-state index in [2.05, 4.69) is 4.98 Å². The summed E-state index contributed by atoms with van der Waals surface area (Å²) in [6.45, 7) is 1.87. The number of carbonyl (C=O) groups excluding carboxylic acids is 2. The molecule has 2 aromatic heterocycles.